The number of anilines is 1. The molecule has 27 heavy (non-hydrogen) atoms. The van der Waals surface area contributed by atoms with Crippen LogP contribution in [0.25, 0.3) is 10.9 Å². The highest BCUT2D eigenvalue weighted by molar-refractivity contribution is 6.46. The van der Waals surface area contributed by atoms with E-state index in [1.54, 1.807) is 12.1 Å². The van der Waals surface area contributed by atoms with E-state index >= 15 is 0 Å². The predicted octanol–water partition coefficient (Wildman–Crippen LogP) is 3.91. The summed E-state index contributed by atoms with van der Waals surface area (Å²) in [6.45, 7) is 0.672. The molecule has 0 spiro atoms. The van der Waals surface area contributed by atoms with Crippen molar-refractivity contribution in [3.8, 4) is 0 Å². The van der Waals surface area contributed by atoms with Gasteiger partial charge in [0, 0.05) is 24.3 Å². The predicted molar refractivity (Wildman–Crippen MR) is 105 cm³/mol. The van der Waals surface area contributed by atoms with Crippen molar-refractivity contribution in [1.82, 2.24) is 9.55 Å². The standard InChI is InChI=1S/C22H17N3O2/c26-21(18-11-6-7-13-23-18)22(27)24-19-15-25(14-16-8-2-1-3-9-16)20-12-5-4-10-17(19)20/h1-13,15H,14H2,(H,24,27). The maximum absolute atomic E-state index is 12.4. The maximum atomic E-state index is 12.4. The van der Waals surface area contributed by atoms with Gasteiger partial charge in [0.1, 0.15) is 5.69 Å². The van der Waals surface area contributed by atoms with Crippen LogP contribution in [0.1, 0.15) is 16.1 Å². The van der Waals surface area contributed by atoms with E-state index in [1.165, 1.54) is 12.3 Å². The molecule has 0 atom stereocenters. The zero-order valence-electron chi connectivity index (χ0n) is 14.5. The number of nitrogens with one attached hydrogen (secondary N) is 1. The van der Waals surface area contributed by atoms with Crippen LogP contribution in [0.3, 0.4) is 0 Å². The molecule has 2 aromatic heterocycles. The number of hydrogen-bond acceptors (Lipinski definition) is 3. The van der Waals surface area contributed by atoms with Crippen molar-refractivity contribution in [2.24, 2.45) is 0 Å². The Balaban J connectivity index is 1.64. The molecule has 1 amide bonds. The largest absolute Gasteiger partial charge is 0.341 e. The van der Waals surface area contributed by atoms with Gasteiger partial charge in [0.05, 0.1) is 11.2 Å². The highest BCUT2D eigenvalue weighted by Crippen LogP contribution is 2.26. The Morgan fingerprint density at radius 3 is 2.41 bits per heavy atom. The number of benzene rings is 2. The second-order valence-corrected chi connectivity index (χ2v) is 6.17. The van der Waals surface area contributed by atoms with Crippen LogP contribution < -0.4 is 5.32 Å². The van der Waals surface area contributed by atoms with E-state index in [9.17, 15) is 9.59 Å². The molecule has 4 rings (SSSR count). The highest BCUT2D eigenvalue weighted by Gasteiger charge is 2.19. The van der Waals surface area contributed by atoms with Gasteiger partial charge in [-0.05, 0) is 23.8 Å². The van der Waals surface area contributed by atoms with Crippen molar-refractivity contribution in [2.75, 3.05) is 5.32 Å². The molecule has 5 heteroatoms. The van der Waals surface area contributed by atoms with Gasteiger partial charge in [-0.1, -0.05) is 54.6 Å². The van der Waals surface area contributed by atoms with E-state index in [0.29, 0.717) is 12.2 Å². The fourth-order valence-corrected chi connectivity index (χ4v) is 3.05. The molecule has 1 N–H and O–H groups in total. The van der Waals surface area contributed by atoms with Crippen molar-refractivity contribution < 1.29 is 9.59 Å². The molecule has 0 fully saturated rings. The second-order valence-electron chi connectivity index (χ2n) is 6.17. The molecule has 0 saturated heterocycles. The topological polar surface area (TPSA) is 64.0 Å². The summed E-state index contributed by atoms with van der Waals surface area (Å²) in [7, 11) is 0. The fraction of sp³-hybridized carbons (Fsp3) is 0.0455. The number of Topliss-reactive ketones (excluding diaryl/α,β-unsaturated/α-hetero) is 1. The first-order valence-corrected chi connectivity index (χ1v) is 8.61. The number of nitrogens with zero attached hydrogens (tertiary/aromatic N) is 2. The van der Waals surface area contributed by atoms with E-state index in [2.05, 4.69) is 27.0 Å². The fourth-order valence-electron chi connectivity index (χ4n) is 3.05. The van der Waals surface area contributed by atoms with Crippen LogP contribution in [0.2, 0.25) is 0 Å². The van der Waals surface area contributed by atoms with Gasteiger partial charge in [-0.25, -0.2) is 0 Å². The number of hydrogen-bond donors (Lipinski definition) is 1. The van der Waals surface area contributed by atoms with Gasteiger partial charge in [-0.15, -0.1) is 0 Å². The zero-order valence-corrected chi connectivity index (χ0v) is 14.5. The average molecular weight is 355 g/mol. The summed E-state index contributed by atoms with van der Waals surface area (Å²) in [5, 5.41) is 3.62. The van der Waals surface area contributed by atoms with Gasteiger partial charge in [0.25, 0.3) is 11.7 Å². The first-order chi connectivity index (χ1) is 13.2. The molecule has 2 heterocycles. The van der Waals surface area contributed by atoms with Crippen molar-refractivity contribution >= 4 is 28.3 Å². The molecule has 0 aliphatic rings. The first-order valence-electron chi connectivity index (χ1n) is 8.61. The summed E-state index contributed by atoms with van der Waals surface area (Å²) < 4.78 is 2.06. The minimum absolute atomic E-state index is 0.128. The van der Waals surface area contributed by atoms with Gasteiger partial charge in [-0.3, -0.25) is 14.6 Å². The molecule has 4 aromatic rings. The number of fused-ring (bicyclic) bond motifs is 1. The summed E-state index contributed by atoms with van der Waals surface area (Å²) in [6, 6.07) is 22.8. The average Bonchev–Trinajstić information content (AvgIpc) is 3.06. The Bertz CT molecular complexity index is 1100. The molecule has 5 nitrogen and oxygen atoms in total. The number of aromatic nitrogens is 2. The highest BCUT2D eigenvalue weighted by atomic mass is 16.2. The molecule has 0 unspecified atom stereocenters. The van der Waals surface area contributed by atoms with Crippen LogP contribution >= 0.6 is 0 Å². The summed E-state index contributed by atoms with van der Waals surface area (Å²) in [5.74, 6) is -1.35. The van der Waals surface area contributed by atoms with Crippen molar-refractivity contribution in [3.63, 3.8) is 0 Å². The summed E-state index contributed by atoms with van der Waals surface area (Å²) in [6.07, 6.45) is 3.35. The lowest BCUT2D eigenvalue weighted by Gasteiger charge is -2.05. The monoisotopic (exact) mass is 355 g/mol. The lowest BCUT2D eigenvalue weighted by molar-refractivity contribution is -0.112. The number of ketones is 1. The van der Waals surface area contributed by atoms with Crippen LogP contribution in [0.15, 0.2) is 85.2 Å². The summed E-state index contributed by atoms with van der Waals surface area (Å²) in [5.41, 5.74) is 2.88. The molecule has 0 aliphatic carbocycles. The number of pyridine rings is 1. The Kier molecular flexibility index (Phi) is 4.49. The van der Waals surface area contributed by atoms with Crippen LogP contribution in [0, 0.1) is 0 Å². The zero-order chi connectivity index (χ0) is 18.6. The van der Waals surface area contributed by atoms with E-state index < -0.39 is 11.7 Å². The molecule has 0 radical (unpaired) electrons. The van der Waals surface area contributed by atoms with E-state index in [4.69, 9.17) is 0 Å². The lowest BCUT2D eigenvalue weighted by Crippen LogP contribution is -2.23. The molecule has 2 aromatic carbocycles. The van der Waals surface area contributed by atoms with Crippen LogP contribution in [0.4, 0.5) is 5.69 Å². The first kappa shape index (κ1) is 16.7. The normalized spacial score (nSPS) is 10.7. The van der Waals surface area contributed by atoms with Gasteiger partial charge in [0.15, 0.2) is 0 Å². The van der Waals surface area contributed by atoms with Gasteiger partial charge in [0.2, 0.25) is 0 Å². The van der Waals surface area contributed by atoms with Crippen molar-refractivity contribution in [2.45, 2.75) is 6.54 Å². The van der Waals surface area contributed by atoms with Gasteiger partial charge >= 0.3 is 0 Å². The van der Waals surface area contributed by atoms with Crippen LogP contribution in [-0.4, -0.2) is 21.2 Å². The molecule has 0 saturated carbocycles. The number of carbonyl (C=O) groups excluding carboxylic acids is 2. The Hall–Kier alpha value is -3.73. The van der Waals surface area contributed by atoms with Crippen LogP contribution in [0.5, 0.6) is 0 Å². The second kappa shape index (κ2) is 7.25. The molecule has 0 bridgehead atoms. The van der Waals surface area contributed by atoms with E-state index in [-0.39, 0.29) is 5.69 Å². The Morgan fingerprint density at radius 1 is 0.889 bits per heavy atom. The third-order valence-electron chi connectivity index (χ3n) is 4.34. The van der Waals surface area contributed by atoms with Gasteiger partial charge < -0.3 is 9.88 Å². The quantitative estimate of drug-likeness (QED) is 0.436. The third kappa shape index (κ3) is 3.48. The summed E-state index contributed by atoms with van der Waals surface area (Å²) in [4.78, 5) is 28.7. The number of amides is 1. The van der Waals surface area contributed by atoms with Gasteiger partial charge in [-0.2, -0.15) is 0 Å². The van der Waals surface area contributed by atoms with Crippen molar-refractivity contribution in [3.05, 3.63) is 96.4 Å². The molecule has 0 aliphatic heterocycles. The van der Waals surface area contributed by atoms with E-state index in [1.807, 2.05) is 48.7 Å². The lowest BCUT2D eigenvalue weighted by atomic mass is 10.2. The number of rotatable bonds is 5. The minimum atomic E-state index is -0.698. The number of para-hydroxylation sites is 1. The van der Waals surface area contributed by atoms with Crippen LogP contribution in [-0.2, 0) is 11.3 Å². The third-order valence-corrected chi connectivity index (χ3v) is 4.34. The Labute approximate surface area is 156 Å². The minimum Gasteiger partial charge on any atom is -0.341 e. The molecular weight excluding hydrogens is 338 g/mol. The Morgan fingerprint density at radius 2 is 1.63 bits per heavy atom. The summed E-state index contributed by atoms with van der Waals surface area (Å²) >= 11 is 0. The number of carbonyl (C=O) groups is 2. The van der Waals surface area contributed by atoms with E-state index in [0.717, 1.165) is 16.5 Å². The van der Waals surface area contributed by atoms with Crippen molar-refractivity contribution in [1.29, 1.82) is 0 Å². The molecule has 132 valence electrons. The smallest absolute Gasteiger partial charge is 0.298 e. The molecular formula is C22H17N3O2. The maximum Gasteiger partial charge on any atom is 0.298 e. The SMILES string of the molecule is O=C(Nc1cn(Cc2ccccc2)c2ccccc12)C(=O)c1ccccn1.